The molecule has 0 aliphatic rings. The van der Waals surface area contributed by atoms with Crippen LogP contribution in [0.2, 0.25) is 0 Å². The summed E-state index contributed by atoms with van der Waals surface area (Å²) in [5, 5.41) is 0. The van der Waals surface area contributed by atoms with Gasteiger partial charge in [-0.15, -0.1) is 0 Å². The van der Waals surface area contributed by atoms with E-state index in [1.54, 1.807) is 0 Å². The number of hydrogen-bond acceptors (Lipinski definition) is 3. The molecule has 0 aliphatic carbocycles. The molecular formula is C19H25O3P. The number of benzene rings is 2. The smallest absolute Gasteiger partial charge is 0.309 e. The van der Waals surface area contributed by atoms with Crippen LogP contribution in [-0.2, 0) is 26.5 Å². The van der Waals surface area contributed by atoms with Crippen LogP contribution in [0, 0.1) is 0 Å². The Kier molecular flexibility index (Phi) is 7.04. The lowest BCUT2D eigenvalue weighted by atomic mass is 10.0. The van der Waals surface area contributed by atoms with Crippen molar-refractivity contribution in [1.82, 2.24) is 0 Å². The second kappa shape index (κ2) is 9.02. The lowest BCUT2D eigenvalue weighted by Crippen LogP contribution is -2.03. The molecule has 23 heavy (non-hydrogen) atoms. The van der Waals surface area contributed by atoms with E-state index in [0.717, 1.165) is 12.0 Å². The number of hydrogen-bond donors (Lipinski definition) is 0. The van der Waals surface area contributed by atoms with E-state index in [4.69, 9.17) is 9.05 Å². The van der Waals surface area contributed by atoms with Gasteiger partial charge in [0.15, 0.2) is 0 Å². The normalized spacial score (nSPS) is 11.6. The molecule has 0 unspecified atom stereocenters. The molecular weight excluding hydrogens is 307 g/mol. The Balaban J connectivity index is 2.01. The van der Waals surface area contributed by atoms with E-state index in [-0.39, 0.29) is 0 Å². The molecule has 0 saturated heterocycles. The molecule has 0 heterocycles. The molecule has 2 aromatic rings. The SMILES string of the molecule is CCOP(=O)(CCc1cccc(Cc2ccccc2)c1)OCC. The molecule has 0 atom stereocenters. The fourth-order valence-electron chi connectivity index (χ4n) is 2.55. The summed E-state index contributed by atoms with van der Waals surface area (Å²) in [7, 11) is -2.97. The largest absolute Gasteiger partial charge is 0.330 e. The van der Waals surface area contributed by atoms with Gasteiger partial charge in [0.1, 0.15) is 0 Å². The van der Waals surface area contributed by atoms with Crippen LogP contribution in [0.15, 0.2) is 54.6 Å². The van der Waals surface area contributed by atoms with Gasteiger partial charge in [0.25, 0.3) is 0 Å². The van der Waals surface area contributed by atoms with Crippen LogP contribution in [0.25, 0.3) is 0 Å². The first-order valence-corrected chi connectivity index (χ1v) is 9.88. The lowest BCUT2D eigenvalue weighted by molar-refractivity contribution is 0.220. The topological polar surface area (TPSA) is 35.5 Å². The van der Waals surface area contributed by atoms with Gasteiger partial charge in [-0.05, 0) is 43.4 Å². The van der Waals surface area contributed by atoms with Crippen LogP contribution in [0.1, 0.15) is 30.5 Å². The summed E-state index contributed by atoms with van der Waals surface area (Å²) in [5.74, 6) is 0. The van der Waals surface area contributed by atoms with Gasteiger partial charge in [0.2, 0.25) is 0 Å². The highest BCUT2D eigenvalue weighted by molar-refractivity contribution is 7.53. The van der Waals surface area contributed by atoms with Crippen molar-refractivity contribution in [3.05, 3.63) is 71.3 Å². The van der Waals surface area contributed by atoms with E-state index in [1.165, 1.54) is 11.1 Å². The summed E-state index contributed by atoms with van der Waals surface area (Å²) in [6.07, 6.45) is 2.02. The van der Waals surface area contributed by atoms with Crippen LogP contribution in [0.3, 0.4) is 0 Å². The van der Waals surface area contributed by atoms with Crippen molar-refractivity contribution in [3.63, 3.8) is 0 Å². The molecule has 0 spiro atoms. The van der Waals surface area contributed by atoms with Gasteiger partial charge in [0, 0.05) is 0 Å². The Morgan fingerprint density at radius 3 is 2.09 bits per heavy atom. The van der Waals surface area contributed by atoms with Crippen molar-refractivity contribution in [2.75, 3.05) is 19.4 Å². The van der Waals surface area contributed by atoms with E-state index in [9.17, 15) is 4.57 Å². The van der Waals surface area contributed by atoms with Crippen LogP contribution >= 0.6 is 7.60 Å². The molecule has 0 aliphatic heterocycles. The Morgan fingerprint density at radius 1 is 0.826 bits per heavy atom. The maximum absolute atomic E-state index is 12.5. The van der Waals surface area contributed by atoms with Gasteiger partial charge >= 0.3 is 7.60 Å². The number of rotatable bonds is 9. The highest BCUT2D eigenvalue weighted by atomic mass is 31.2. The standard InChI is InChI=1S/C19H25O3P/c1-3-21-23(20,22-4-2)14-13-18-11-8-12-19(16-18)15-17-9-6-5-7-10-17/h5-12,16H,3-4,13-15H2,1-2H3. The summed E-state index contributed by atoms with van der Waals surface area (Å²) in [4.78, 5) is 0. The highest BCUT2D eigenvalue weighted by Crippen LogP contribution is 2.48. The summed E-state index contributed by atoms with van der Waals surface area (Å²) in [5.41, 5.74) is 3.72. The first kappa shape index (κ1) is 17.9. The number of aryl methyl sites for hydroxylation is 1. The van der Waals surface area contributed by atoms with Crippen LogP contribution < -0.4 is 0 Å². The average Bonchev–Trinajstić information content (AvgIpc) is 2.55. The molecule has 2 aromatic carbocycles. The summed E-state index contributed by atoms with van der Waals surface area (Å²) >= 11 is 0. The van der Waals surface area contributed by atoms with Gasteiger partial charge in [-0.1, -0.05) is 54.6 Å². The minimum absolute atomic E-state index is 0.408. The van der Waals surface area contributed by atoms with E-state index in [0.29, 0.717) is 25.8 Å². The molecule has 0 radical (unpaired) electrons. The summed E-state index contributed by atoms with van der Waals surface area (Å²) < 4.78 is 23.2. The third kappa shape index (κ3) is 5.95. The van der Waals surface area contributed by atoms with Gasteiger partial charge in [0.05, 0.1) is 19.4 Å². The van der Waals surface area contributed by atoms with E-state index in [2.05, 4.69) is 48.5 Å². The summed E-state index contributed by atoms with van der Waals surface area (Å²) in [6, 6.07) is 18.8. The highest BCUT2D eigenvalue weighted by Gasteiger charge is 2.22. The monoisotopic (exact) mass is 332 g/mol. The zero-order valence-electron chi connectivity index (χ0n) is 13.9. The van der Waals surface area contributed by atoms with E-state index in [1.807, 2.05) is 19.9 Å². The average molecular weight is 332 g/mol. The Morgan fingerprint density at radius 2 is 1.43 bits per heavy atom. The third-order valence-electron chi connectivity index (χ3n) is 3.57. The van der Waals surface area contributed by atoms with Gasteiger partial charge < -0.3 is 9.05 Å². The van der Waals surface area contributed by atoms with Crippen LogP contribution in [0.4, 0.5) is 0 Å². The Bertz CT molecular complexity index is 630. The lowest BCUT2D eigenvalue weighted by Gasteiger charge is -2.17. The predicted octanol–water partition coefficient (Wildman–Crippen LogP) is 5.09. The van der Waals surface area contributed by atoms with Gasteiger partial charge in [-0.25, -0.2) is 0 Å². The first-order chi connectivity index (χ1) is 11.1. The van der Waals surface area contributed by atoms with Crippen molar-refractivity contribution >= 4 is 7.60 Å². The van der Waals surface area contributed by atoms with E-state index >= 15 is 0 Å². The predicted molar refractivity (Wildman–Crippen MR) is 95.1 cm³/mol. The fourth-order valence-corrected chi connectivity index (χ4v) is 4.20. The second-order valence-corrected chi connectivity index (χ2v) is 7.59. The van der Waals surface area contributed by atoms with Gasteiger partial charge in [-0.3, -0.25) is 4.57 Å². The maximum atomic E-state index is 12.5. The van der Waals surface area contributed by atoms with Crippen molar-refractivity contribution in [2.24, 2.45) is 0 Å². The summed E-state index contributed by atoms with van der Waals surface area (Å²) in [6.45, 7) is 4.49. The molecule has 4 heteroatoms. The molecule has 0 amide bonds. The molecule has 124 valence electrons. The van der Waals surface area contributed by atoms with Crippen molar-refractivity contribution in [2.45, 2.75) is 26.7 Å². The van der Waals surface area contributed by atoms with Crippen LogP contribution in [0.5, 0.6) is 0 Å². The molecule has 0 aromatic heterocycles. The maximum Gasteiger partial charge on any atom is 0.330 e. The zero-order chi connectivity index (χ0) is 16.5. The fraction of sp³-hybridized carbons (Fsp3) is 0.368. The Hall–Kier alpha value is -1.41. The first-order valence-electron chi connectivity index (χ1n) is 8.15. The van der Waals surface area contributed by atoms with Crippen molar-refractivity contribution in [1.29, 1.82) is 0 Å². The molecule has 2 rings (SSSR count). The molecule has 0 fully saturated rings. The third-order valence-corrected chi connectivity index (χ3v) is 5.64. The van der Waals surface area contributed by atoms with E-state index < -0.39 is 7.60 Å². The molecule has 0 N–H and O–H groups in total. The Labute approximate surface area is 139 Å². The quantitative estimate of drug-likeness (QED) is 0.600. The molecule has 0 saturated carbocycles. The minimum Gasteiger partial charge on any atom is -0.309 e. The minimum atomic E-state index is -2.97. The van der Waals surface area contributed by atoms with Gasteiger partial charge in [-0.2, -0.15) is 0 Å². The molecule has 0 bridgehead atoms. The van der Waals surface area contributed by atoms with Crippen molar-refractivity contribution in [3.8, 4) is 0 Å². The van der Waals surface area contributed by atoms with Crippen molar-refractivity contribution < 1.29 is 13.6 Å². The zero-order valence-corrected chi connectivity index (χ0v) is 14.8. The van der Waals surface area contributed by atoms with Crippen LogP contribution in [-0.4, -0.2) is 19.4 Å². The molecule has 3 nitrogen and oxygen atoms in total. The second-order valence-electron chi connectivity index (χ2n) is 5.40.